The Hall–Kier alpha value is -0.350. The lowest BCUT2D eigenvalue weighted by Gasteiger charge is -2.00. The average molecular weight is 224 g/mol. The fraction of sp³-hybridized carbons (Fsp3) is 0.571. The van der Waals surface area contributed by atoms with Gasteiger partial charge in [-0.3, -0.25) is 0 Å². The lowest BCUT2D eigenvalue weighted by molar-refractivity contribution is -0.138. The Kier molecular flexibility index (Phi) is 11.6. The average Bonchev–Trinajstić information content (AvgIpc) is 1.88. The van der Waals surface area contributed by atoms with Crippen LogP contribution in [-0.4, -0.2) is 25.1 Å². The van der Waals surface area contributed by atoms with Crippen molar-refractivity contribution in [2.45, 2.75) is 11.9 Å². The van der Waals surface area contributed by atoms with Gasteiger partial charge >= 0.3 is 5.97 Å². The Morgan fingerprint density at radius 1 is 1.73 bits per heavy atom. The number of rotatable bonds is 2. The van der Waals surface area contributed by atoms with Gasteiger partial charge in [0.25, 0.3) is 0 Å². The molecule has 3 nitrogen and oxygen atoms in total. The second-order valence-electron chi connectivity index (χ2n) is 1.68. The minimum Gasteiger partial charge on any atom is -0.448 e. The van der Waals surface area contributed by atoms with Crippen LogP contribution in [0.25, 0.3) is 0 Å². The third-order valence-electron chi connectivity index (χ3n) is 0.445. The van der Waals surface area contributed by atoms with Gasteiger partial charge in [-0.2, -0.15) is 0 Å². The van der Waals surface area contributed by atoms with E-state index in [0.29, 0.717) is 0 Å². The van der Waals surface area contributed by atoms with Crippen molar-refractivity contribution < 1.29 is 9.53 Å². The maximum atomic E-state index is 10.3. The molecular formula is C7H14BrNO2. The molecule has 0 aromatic heterocycles. The molecule has 0 saturated heterocycles. The Morgan fingerprint density at radius 2 is 2.09 bits per heavy atom. The Morgan fingerprint density at radius 3 is 2.18 bits per heavy atom. The number of esters is 1. The summed E-state index contributed by atoms with van der Waals surface area (Å²) in [6.07, 6.45) is 1.12. The molecule has 0 aliphatic rings. The maximum Gasteiger partial charge on any atom is 0.331 e. The molecule has 0 fully saturated rings. The van der Waals surface area contributed by atoms with Crippen LogP contribution < -0.4 is 5.32 Å². The van der Waals surface area contributed by atoms with Crippen LogP contribution in [0.1, 0.15) is 6.92 Å². The van der Waals surface area contributed by atoms with Crippen LogP contribution in [0.5, 0.6) is 0 Å². The van der Waals surface area contributed by atoms with Gasteiger partial charge in [-0.05, 0) is 36.9 Å². The van der Waals surface area contributed by atoms with Crippen molar-refractivity contribution in [1.82, 2.24) is 5.32 Å². The lowest BCUT2D eigenvalue weighted by atomic mass is 10.6. The van der Waals surface area contributed by atoms with Gasteiger partial charge in [-0.1, -0.05) is 6.58 Å². The summed E-state index contributed by atoms with van der Waals surface area (Å²) in [7, 11) is 3.75. The molecule has 0 aromatic carbocycles. The van der Waals surface area contributed by atoms with Gasteiger partial charge in [0.05, 0.1) is 0 Å². The minimum absolute atomic E-state index is 0.229. The quantitative estimate of drug-likeness (QED) is 0.436. The van der Waals surface area contributed by atoms with Crippen LogP contribution >= 0.6 is 15.9 Å². The molecule has 0 radical (unpaired) electrons. The zero-order valence-corrected chi connectivity index (χ0v) is 8.64. The number of carbonyl (C=O) groups excluding carboxylic acids is 1. The van der Waals surface area contributed by atoms with E-state index in [1.54, 1.807) is 6.92 Å². The SMILES string of the molecule is C=CC(=O)OC(C)Br.CNC. The zero-order chi connectivity index (χ0) is 9.28. The predicted octanol–water partition coefficient (Wildman–Crippen LogP) is 1.29. The number of carbonyl (C=O) groups is 1. The first-order chi connectivity index (χ1) is 5.08. The van der Waals surface area contributed by atoms with Crippen molar-refractivity contribution in [3.63, 3.8) is 0 Å². The minimum atomic E-state index is -0.408. The van der Waals surface area contributed by atoms with Crippen molar-refractivity contribution in [2.75, 3.05) is 14.1 Å². The highest BCUT2D eigenvalue weighted by molar-refractivity contribution is 9.09. The topological polar surface area (TPSA) is 38.3 Å². The predicted molar refractivity (Wildman–Crippen MR) is 49.7 cm³/mol. The molecule has 0 aromatic rings. The first kappa shape index (κ1) is 13.3. The van der Waals surface area contributed by atoms with Crippen LogP contribution in [0.2, 0.25) is 0 Å². The molecule has 1 unspecified atom stereocenters. The summed E-state index contributed by atoms with van der Waals surface area (Å²) in [6, 6.07) is 0. The van der Waals surface area contributed by atoms with E-state index in [1.165, 1.54) is 0 Å². The molecule has 0 aliphatic carbocycles. The molecule has 1 atom stereocenters. The van der Waals surface area contributed by atoms with Gasteiger partial charge in [0, 0.05) is 6.08 Å². The highest BCUT2D eigenvalue weighted by Crippen LogP contribution is 1.98. The van der Waals surface area contributed by atoms with E-state index < -0.39 is 5.97 Å². The monoisotopic (exact) mass is 223 g/mol. The van der Waals surface area contributed by atoms with Gasteiger partial charge < -0.3 is 10.1 Å². The molecule has 0 saturated carbocycles. The highest BCUT2D eigenvalue weighted by atomic mass is 79.9. The van der Waals surface area contributed by atoms with Crippen molar-refractivity contribution >= 4 is 21.9 Å². The van der Waals surface area contributed by atoms with Crippen LogP contribution in [0.3, 0.4) is 0 Å². The van der Waals surface area contributed by atoms with Crippen LogP contribution in [-0.2, 0) is 9.53 Å². The third-order valence-corrected chi connectivity index (χ3v) is 0.632. The molecule has 0 amide bonds. The van der Waals surface area contributed by atoms with Gasteiger partial charge in [0.2, 0.25) is 0 Å². The Bertz CT molecular complexity index is 115. The van der Waals surface area contributed by atoms with E-state index in [9.17, 15) is 4.79 Å². The standard InChI is InChI=1S/C5H7BrO2.C2H7N/c1-3-5(7)8-4(2)6;1-3-2/h3-4H,1H2,2H3;3H,1-2H3. The van der Waals surface area contributed by atoms with E-state index in [4.69, 9.17) is 0 Å². The van der Waals surface area contributed by atoms with Crippen molar-refractivity contribution in [3.05, 3.63) is 12.7 Å². The summed E-state index contributed by atoms with van der Waals surface area (Å²) in [5.74, 6) is -0.408. The lowest BCUT2D eigenvalue weighted by Crippen LogP contribution is -2.04. The molecule has 0 rings (SSSR count). The van der Waals surface area contributed by atoms with Crippen molar-refractivity contribution in [2.24, 2.45) is 0 Å². The third kappa shape index (κ3) is 17.7. The molecule has 11 heavy (non-hydrogen) atoms. The molecule has 4 heteroatoms. The molecule has 0 heterocycles. The van der Waals surface area contributed by atoms with E-state index in [-0.39, 0.29) is 5.01 Å². The second-order valence-corrected chi connectivity index (χ2v) is 2.97. The maximum absolute atomic E-state index is 10.3. The van der Waals surface area contributed by atoms with Gasteiger partial charge in [-0.25, -0.2) is 4.79 Å². The summed E-state index contributed by atoms with van der Waals surface area (Å²) < 4.78 is 4.56. The molecule has 0 bridgehead atoms. The Balaban J connectivity index is 0. The fourth-order valence-electron chi connectivity index (χ4n) is 0.208. The number of halogens is 1. The highest BCUT2D eigenvalue weighted by Gasteiger charge is 1.98. The van der Waals surface area contributed by atoms with Gasteiger partial charge in [0.15, 0.2) is 5.01 Å². The number of alkyl halides is 1. The van der Waals surface area contributed by atoms with E-state index in [0.717, 1.165) is 6.08 Å². The molecule has 1 N–H and O–H groups in total. The molecule has 0 aliphatic heterocycles. The van der Waals surface area contributed by atoms with Gasteiger partial charge in [0.1, 0.15) is 0 Å². The molecule has 0 spiro atoms. The summed E-state index contributed by atoms with van der Waals surface area (Å²) in [5.41, 5.74) is 0. The van der Waals surface area contributed by atoms with Crippen LogP contribution in [0.15, 0.2) is 12.7 Å². The summed E-state index contributed by atoms with van der Waals surface area (Å²) in [6.45, 7) is 4.93. The normalized spacial score (nSPS) is 10.5. The number of hydrogen-bond donors (Lipinski definition) is 1. The van der Waals surface area contributed by atoms with Gasteiger partial charge in [-0.15, -0.1) is 0 Å². The number of hydrogen-bond acceptors (Lipinski definition) is 3. The van der Waals surface area contributed by atoms with Crippen LogP contribution in [0.4, 0.5) is 0 Å². The first-order valence-corrected chi connectivity index (χ1v) is 4.05. The molecule has 66 valence electrons. The second kappa shape index (κ2) is 9.65. The first-order valence-electron chi connectivity index (χ1n) is 3.14. The van der Waals surface area contributed by atoms with E-state index >= 15 is 0 Å². The van der Waals surface area contributed by atoms with Crippen molar-refractivity contribution in [1.29, 1.82) is 0 Å². The largest absolute Gasteiger partial charge is 0.448 e. The Labute approximate surface area is 75.9 Å². The van der Waals surface area contributed by atoms with Crippen molar-refractivity contribution in [3.8, 4) is 0 Å². The summed E-state index contributed by atoms with van der Waals surface area (Å²) in [4.78, 5) is 10.3. The summed E-state index contributed by atoms with van der Waals surface area (Å²) >= 11 is 3.02. The van der Waals surface area contributed by atoms with E-state index in [1.807, 2.05) is 14.1 Å². The molecular weight excluding hydrogens is 210 g/mol. The van der Waals surface area contributed by atoms with E-state index in [2.05, 4.69) is 32.6 Å². The fourth-order valence-corrected chi connectivity index (χ4v) is 0.392. The number of nitrogens with one attached hydrogen (secondary N) is 1. The van der Waals surface area contributed by atoms with Crippen LogP contribution in [0, 0.1) is 0 Å². The zero-order valence-electron chi connectivity index (χ0n) is 7.06. The number of ether oxygens (including phenoxy) is 1. The summed E-state index contributed by atoms with van der Waals surface area (Å²) in [5, 5.41) is 2.52. The smallest absolute Gasteiger partial charge is 0.331 e.